The lowest BCUT2D eigenvalue weighted by atomic mass is 9.84. The highest BCUT2D eigenvalue weighted by Gasteiger charge is 2.36. The van der Waals surface area contributed by atoms with Crippen LogP contribution in [-0.2, 0) is 16.0 Å². The maximum Gasteiger partial charge on any atom is 0.263 e. The molecule has 6 nitrogen and oxygen atoms in total. The van der Waals surface area contributed by atoms with Gasteiger partial charge in [-0.2, -0.15) is 0 Å². The fraction of sp³-hybridized carbons (Fsp3) is 0.458. The van der Waals surface area contributed by atoms with Crippen molar-refractivity contribution in [2.75, 3.05) is 20.1 Å². The van der Waals surface area contributed by atoms with Crippen molar-refractivity contribution in [3.63, 3.8) is 0 Å². The molecule has 2 aromatic rings. The smallest absolute Gasteiger partial charge is 0.263 e. The van der Waals surface area contributed by atoms with Crippen LogP contribution in [0.1, 0.15) is 40.9 Å². The molecule has 3 heterocycles. The fourth-order valence-corrected chi connectivity index (χ4v) is 5.43. The maximum atomic E-state index is 13.1. The van der Waals surface area contributed by atoms with E-state index in [1.54, 1.807) is 0 Å². The molecule has 0 saturated carbocycles. The lowest BCUT2D eigenvalue weighted by Gasteiger charge is -2.40. The molecule has 2 aliphatic heterocycles. The first kappa shape index (κ1) is 21.6. The molecule has 7 heteroatoms. The average Bonchev–Trinajstić information content (AvgIpc) is 3.49. The molecule has 2 aliphatic rings. The monoisotopic (exact) mass is 439 g/mol. The summed E-state index contributed by atoms with van der Waals surface area (Å²) in [4.78, 5) is 41.9. The van der Waals surface area contributed by atoms with E-state index in [0.29, 0.717) is 31.8 Å². The Morgan fingerprint density at radius 3 is 2.48 bits per heavy atom. The predicted molar refractivity (Wildman–Crippen MR) is 121 cm³/mol. The first-order chi connectivity index (χ1) is 15.0. The summed E-state index contributed by atoms with van der Waals surface area (Å²) in [5.74, 6) is 0.372. The van der Waals surface area contributed by atoms with Crippen molar-refractivity contribution in [1.29, 1.82) is 0 Å². The van der Waals surface area contributed by atoms with Gasteiger partial charge in [-0.25, -0.2) is 0 Å². The Labute approximate surface area is 187 Å². The van der Waals surface area contributed by atoms with Gasteiger partial charge in [0, 0.05) is 32.6 Å². The van der Waals surface area contributed by atoms with Gasteiger partial charge in [0.05, 0.1) is 4.88 Å². The summed E-state index contributed by atoms with van der Waals surface area (Å²) in [6.07, 6.45) is 3.53. The summed E-state index contributed by atoms with van der Waals surface area (Å²) < 4.78 is 0. The third-order valence-corrected chi connectivity index (χ3v) is 7.38. The van der Waals surface area contributed by atoms with Gasteiger partial charge in [0.1, 0.15) is 6.04 Å². The van der Waals surface area contributed by atoms with Gasteiger partial charge in [0.15, 0.2) is 0 Å². The fourth-order valence-electron chi connectivity index (χ4n) is 4.72. The largest absolute Gasteiger partial charge is 0.344 e. The minimum Gasteiger partial charge on any atom is -0.344 e. The number of hydrogen-bond acceptors (Lipinski definition) is 4. The molecule has 164 valence electrons. The van der Waals surface area contributed by atoms with Crippen LogP contribution in [0.25, 0.3) is 0 Å². The van der Waals surface area contributed by atoms with Crippen LogP contribution in [0.15, 0.2) is 47.8 Å². The Morgan fingerprint density at radius 1 is 1.13 bits per heavy atom. The maximum absolute atomic E-state index is 13.1. The Morgan fingerprint density at radius 2 is 1.87 bits per heavy atom. The van der Waals surface area contributed by atoms with Crippen molar-refractivity contribution in [3.8, 4) is 0 Å². The number of likely N-dealkylation sites (tertiary alicyclic amines) is 1. The molecule has 4 rings (SSSR count). The first-order valence-corrected chi connectivity index (χ1v) is 11.8. The van der Waals surface area contributed by atoms with Crippen LogP contribution in [0, 0.1) is 5.92 Å². The zero-order valence-corrected chi connectivity index (χ0v) is 18.6. The van der Waals surface area contributed by atoms with Crippen LogP contribution in [0.5, 0.6) is 0 Å². The highest BCUT2D eigenvalue weighted by molar-refractivity contribution is 7.12. The third kappa shape index (κ3) is 4.98. The average molecular weight is 440 g/mol. The van der Waals surface area contributed by atoms with Crippen molar-refractivity contribution in [2.24, 2.45) is 5.92 Å². The highest BCUT2D eigenvalue weighted by Crippen LogP contribution is 2.28. The molecule has 3 amide bonds. The molecule has 0 spiro atoms. The van der Waals surface area contributed by atoms with E-state index >= 15 is 0 Å². The van der Waals surface area contributed by atoms with Gasteiger partial charge in [-0.05, 0) is 48.6 Å². The number of nitrogens with one attached hydrogen (secondary N) is 1. The topological polar surface area (TPSA) is 69.7 Å². The van der Waals surface area contributed by atoms with Crippen molar-refractivity contribution in [3.05, 3.63) is 58.3 Å². The van der Waals surface area contributed by atoms with E-state index in [0.717, 1.165) is 24.1 Å². The summed E-state index contributed by atoms with van der Waals surface area (Å²) in [6.45, 7) is 1.34. The minimum atomic E-state index is -0.368. The van der Waals surface area contributed by atoms with E-state index < -0.39 is 0 Å². The van der Waals surface area contributed by atoms with E-state index in [1.165, 1.54) is 16.9 Å². The molecule has 1 aromatic carbocycles. The molecule has 31 heavy (non-hydrogen) atoms. The van der Waals surface area contributed by atoms with E-state index in [2.05, 4.69) is 17.4 Å². The Kier molecular flexibility index (Phi) is 6.70. The summed E-state index contributed by atoms with van der Waals surface area (Å²) in [5.41, 5.74) is 1.21. The first-order valence-electron chi connectivity index (χ1n) is 11.0. The second-order valence-corrected chi connectivity index (χ2v) is 9.42. The number of thiophene rings is 1. The summed E-state index contributed by atoms with van der Waals surface area (Å²) >= 11 is 1.47. The minimum absolute atomic E-state index is 0.0342. The summed E-state index contributed by atoms with van der Waals surface area (Å²) in [5, 5.41) is 4.71. The second kappa shape index (κ2) is 9.64. The number of nitrogens with zero attached hydrogens (tertiary/aromatic N) is 2. The molecule has 1 unspecified atom stereocenters. The normalized spacial score (nSPS) is 20.4. The zero-order valence-electron chi connectivity index (χ0n) is 17.8. The quantitative estimate of drug-likeness (QED) is 0.752. The molecule has 0 radical (unpaired) electrons. The van der Waals surface area contributed by atoms with E-state index in [4.69, 9.17) is 0 Å². The lowest BCUT2D eigenvalue weighted by Crippen LogP contribution is -2.51. The molecule has 1 N–H and O–H groups in total. The number of carbonyl (C=O) groups is 3. The van der Waals surface area contributed by atoms with Crippen molar-refractivity contribution >= 4 is 29.1 Å². The summed E-state index contributed by atoms with van der Waals surface area (Å²) in [7, 11) is 1.90. The molecule has 2 atom stereocenters. The number of likely N-dealkylation sites (N-methyl/N-ethyl adjacent to an activating group) is 1. The molecule has 1 aromatic heterocycles. The SMILES string of the molecule is CN(C(=O)c1cccs1)C(Cc1ccccc1)C1CCN(C(=O)[C@@H]2CCC(=O)N2)CC1. The van der Waals surface area contributed by atoms with Gasteiger partial charge in [0.2, 0.25) is 11.8 Å². The van der Waals surface area contributed by atoms with Crippen LogP contribution >= 0.6 is 11.3 Å². The number of hydrogen-bond donors (Lipinski definition) is 1. The summed E-state index contributed by atoms with van der Waals surface area (Å²) in [6, 6.07) is 13.8. The Bertz CT molecular complexity index is 907. The van der Waals surface area contributed by atoms with Gasteiger partial charge in [-0.15, -0.1) is 11.3 Å². The molecule has 2 saturated heterocycles. The van der Waals surface area contributed by atoms with E-state index in [1.807, 2.05) is 52.6 Å². The predicted octanol–water partition coefficient (Wildman–Crippen LogP) is 2.95. The Balaban J connectivity index is 1.45. The van der Waals surface area contributed by atoms with Crippen LogP contribution in [0.2, 0.25) is 0 Å². The third-order valence-electron chi connectivity index (χ3n) is 6.53. The van der Waals surface area contributed by atoms with Crippen molar-refractivity contribution in [2.45, 2.75) is 44.2 Å². The van der Waals surface area contributed by atoms with Crippen LogP contribution < -0.4 is 5.32 Å². The van der Waals surface area contributed by atoms with Crippen LogP contribution in [-0.4, -0.2) is 59.7 Å². The standard InChI is InChI=1S/C24H29N3O3S/c1-26(24(30)21-8-5-15-31-21)20(16-17-6-3-2-4-7-17)18-11-13-27(14-12-18)23(29)19-9-10-22(28)25-19/h2-8,15,18-20H,9-14,16H2,1H3,(H,25,28)/t19-,20?/m0/s1. The number of benzene rings is 1. The number of piperidine rings is 1. The number of carbonyl (C=O) groups excluding carboxylic acids is 3. The second-order valence-electron chi connectivity index (χ2n) is 8.47. The van der Waals surface area contributed by atoms with Gasteiger partial charge in [0.25, 0.3) is 5.91 Å². The Hall–Kier alpha value is -2.67. The van der Waals surface area contributed by atoms with Crippen LogP contribution in [0.4, 0.5) is 0 Å². The van der Waals surface area contributed by atoms with E-state index in [9.17, 15) is 14.4 Å². The molecule has 0 bridgehead atoms. The lowest BCUT2D eigenvalue weighted by molar-refractivity contribution is -0.135. The number of rotatable bonds is 6. The van der Waals surface area contributed by atoms with Crippen LogP contribution in [0.3, 0.4) is 0 Å². The van der Waals surface area contributed by atoms with E-state index in [-0.39, 0.29) is 29.8 Å². The molecular weight excluding hydrogens is 410 g/mol. The van der Waals surface area contributed by atoms with Crippen molar-refractivity contribution < 1.29 is 14.4 Å². The highest BCUT2D eigenvalue weighted by atomic mass is 32.1. The zero-order chi connectivity index (χ0) is 21.8. The number of amides is 3. The molecule has 2 fully saturated rings. The van der Waals surface area contributed by atoms with Crippen molar-refractivity contribution in [1.82, 2.24) is 15.1 Å². The van der Waals surface area contributed by atoms with Gasteiger partial charge in [-0.1, -0.05) is 36.4 Å². The van der Waals surface area contributed by atoms with Gasteiger partial charge < -0.3 is 15.1 Å². The van der Waals surface area contributed by atoms with Gasteiger partial charge in [-0.3, -0.25) is 14.4 Å². The van der Waals surface area contributed by atoms with Gasteiger partial charge >= 0.3 is 0 Å². The molecular formula is C24H29N3O3S. The molecule has 0 aliphatic carbocycles.